The van der Waals surface area contributed by atoms with E-state index in [4.69, 9.17) is 0 Å². The number of carbonyl (C=O) groups excluding carboxylic acids is 2. The monoisotopic (exact) mass is 576 g/mol. The van der Waals surface area contributed by atoms with Gasteiger partial charge in [-0.15, -0.1) is 6.54 Å². The van der Waals surface area contributed by atoms with Crippen LogP contribution in [0.25, 0.3) is 5.32 Å². The Labute approximate surface area is 197 Å². The van der Waals surface area contributed by atoms with Gasteiger partial charge >= 0.3 is 0 Å². The Morgan fingerprint density at radius 3 is 2.00 bits per heavy atom. The zero-order chi connectivity index (χ0) is 18.9. The first-order valence-electron chi connectivity index (χ1n) is 9.10. The van der Waals surface area contributed by atoms with E-state index in [-0.39, 0.29) is 61.3 Å². The van der Waals surface area contributed by atoms with Crippen LogP contribution in [0.3, 0.4) is 0 Å². The Morgan fingerprint density at radius 2 is 1.41 bits per heavy atom. The molecule has 1 aliphatic carbocycles. The van der Waals surface area contributed by atoms with Crippen LogP contribution in [0.15, 0.2) is 66.0 Å². The summed E-state index contributed by atoms with van der Waals surface area (Å²) in [5.74, 6) is -0.356. The third-order valence-electron chi connectivity index (χ3n) is 3.90. The molecule has 0 bridgehead atoms. The molecule has 0 saturated heterocycles. The molecule has 0 atom stereocenters. The number of allylic oxidation sites excluding steroid dienone is 2. The Hall–Kier alpha value is -1.44. The van der Waals surface area contributed by atoms with Crippen LogP contribution in [0, 0.1) is 44.1 Å². The second kappa shape index (κ2) is 12.1. The fourth-order valence-electron chi connectivity index (χ4n) is 2.69. The molecule has 0 unspecified atom stereocenters. The summed E-state index contributed by atoms with van der Waals surface area (Å²) in [6.45, 7) is 6.99. The molecule has 1 aliphatic rings. The average Bonchev–Trinajstić information content (AvgIpc) is 2.71. The molecule has 5 heteroatoms. The van der Waals surface area contributed by atoms with Crippen molar-refractivity contribution in [2.75, 3.05) is 6.54 Å². The molecule has 139 valence electrons. The van der Waals surface area contributed by atoms with Crippen molar-refractivity contribution in [2.24, 2.45) is 0 Å². The van der Waals surface area contributed by atoms with E-state index in [2.05, 4.69) is 10.6 Å². The minimum atomic E-state index is -0.186. The molecule has 0 amide bonds. The number of carbonyl (C=O) groups is 2. The summed E-state index contributed by atoms with van der Waals surface area (Å²) in [7, 11) is 0. The normalized spacial score (nSPS) is 12.4. The van der Waals surface area contributed by atoms with Crippen LogP contribution < -0.4 is 5.32 Å². The molecule has 0 aromatic heterocycles. The zero-order valence-corrected chi connectivity index (χ0v) is 20.9. The van der Waals surface area contributed by atoms with Crippen LogP contribution in [-0.2, 0) is 6.54 Å². The van der Waals surface area contributed by atoms with Crippen molar-refractivity contribution in [3.63, 3.8) is 0 Å². The van der Waals surface area contributed by atoms with E-state index in [0.717, 1.165) is 12.0 Å². The van der Waals surface area contributed by atoms with Crippen LogP contribution >= 0.6 is 0 Å². The van der Waals surface area contributed by atoms with Crippen molar-refractivity contribution in [1.29, 1.82) is 0 Å². The number of hydrogen-bond donors (Lipinski definition) is 1. The van der Waals surface area contributed by atoms with Gasteiger partial charge in [0, 0.05) is 61.7 Å². The third-order valence-corrected chi connectivity index (χ3v) is 3.90. The first kappa shape index (κ1) is 23.6. The first-order valence-corrected chi connectivity index (χ1v) is 9.10. The van der Waals surface area contributed by atoms with Crippen LogP contribution in [0.2, 0.25) is 0 Å². The summed E-state index contributed by atoms with van der Waals surface area (Å²) in [5, 5.41) is 7.51. The molecular formula is C22H25AcN2O2-. The van der Waals surface area contributed by atoms with E-state index in [1.165, 1.54) is 0 Å². The van der Waals surface area contributed by atoms with Crippen molar-refractivity contribution < 1.29 is 53.7 Å². The van der Waals surface area contributed by atoms with Gasteiger partial charge in [-0.05, 0) is 5.56 Å². The standard InChI is InChI=1S/C20H20N2O2.C2H6.Ac/c1-2-12-21-17-18(22-13-14-8-4-3-5-9-14)20(24)16-11-7-6-10-15(16)19(17)23;1-2;/h3-11H,2,12-13H2,1H3,(H2,21,22,23,24);1-2H3;/p-1. The minimum Gasteiger partial charge on any atom is -0.679 e. The van der Waals surface area contributed by atoms with Gasteiger partial charge in [0.15, 0.2) is 5.78 Å². The Morgan fingerprint density at radius 1 is 0.852 bits per heavy atom. The maximum absolute atomic E-state index is 12.8. The molecule has 3 rings (SSSR count). The largest absolute Gasteiger partial charge is 0.679 e. The number of hydrogen-bond acceptors (Lipinski definition) is 3. The number of nitrogens with one attached hydrogen (secondary N) is 1. The minimum absolute atomic E-state index is 0. The van der Waals surface area contributed by atoms with Crippen LogP contribution in [0.5, 0.6) is 0 Å². The quantitative estimate of drug-likeness (QED) is 0.534. The number of nitrogens with zero attached hydrogens (tertiary/aromatic N) is 1. The van der Waals surface area contributed by atoms with Crippen molar-refractivity contribution in [3.05, 3.63) is 88.0 Å². The molecule has 0 heterocycles. The molecule has 0 aliphatic heterocycles. The van der Waals surface area contributed by atoms with Crippen LogP contribution in [-0.4, -0.2) is 18.1 Å². The molecule has 0 saturated carbocycles. The summed E-state index contributed by atoms with van der Waals surface area (Å²) in [6.07, 6.45) is 0.818. The summed E-state index contributed by atoms with van der Waals surface area (Å²) >= 11 is 0. The number of Topliss-reactive ketones (excluding diaryl/α,β-unsaturated/α-hetero) is 2. The van der Waals surface area contributed by atoms with Gasteiger partial charge in [-0.3, -0.25) is 9.59 Å². The molecule has 4 nitrogen and oxygen atoms in total. The van der Waals surface area contributed by atoms with Crippen molar-refractivity contribution in [2.45, 2.75) is 33.7 Å². The number of benzene rings is 2. The predicted molar refractivity (Wildman–Crippen MR) is 105 cm³/mol. The fraction of sp³-hybridized carbons (Fsp3) is 0.273. The van der Waals surface area contributed by atoms with E-state index in [1.807, 2.05) is 51.1 Å². The van der Waals surface area contributed by atoms with E-state index < -0.39 is 0 Å². The maximum atomic E-state index is 12.8. The Bertz CT molecular complexity index is 801. The summed E-state index contributed by atoms with van der Waals surface area (Å²) in [6, 6.07) is 16.7. The summed E-state index contributed by atoms with van der Waals surface area (Å²) in [4.78, 5) is 25.6. The molecule has 1 N–H and O–H groups in total. The molecule has 0 fully saturated rings. The molecule has 0 spiro atoms. The predicted octanol–water partition coefficient (Wildman–Crippen LogP) is 4.88. The second-order valence-electron chi connectivity index (χ2n) is 5.65. The topological polar surface area (TPSA) is 60.3 Å². The van der Waals surface area contributed by atoms with Gasteiger partial charge in [0.2, 0.25) is 5.78 Å². The van der Waals surface area contributed by atoms with Crippen LogP contribution in [0.1, 0.15) is 53.5 Å². The average molecular weight is 576 g/mol. The second-order valence-corrected chi connectivity index (χ2v) is 5.65. The van der Waals surface area contributed by atoms with Gasteiger partial charge in [-0.2, -0.15) is 0 Å². The zero-order valence-electron chi connectivity index (χ0n) is 16.2. The summed E-state index contributed by atoms with van der Waals surface area (Å²) in [5.41, 5.74) is 2.46. The molecule has 2 aromatic rings. The molecular weight excluding hydrogens is 551 g/mol. The number of ketones is 2. The van der Waals surface area contributed by atoms with Crippen molar-refractivity contribution >= 4 is 11.6 Å². The van der Waals surface area contributed by atoms with Gasteiger partial charge in [-0.25, -0.2) is 0 Å². The van der Waals surface area contributed by atoms with E-state index in [1.54, 1.807) is 24.3 Å². The SMILES string of the molecule is CC.CCC[N-]C1=C(NCc2ccccc2)C(=O)c2ccccc2C1=O.[Ac]. The Balaban J connectivity index is 0.00000118. The van der Waals surface area contributed by atoms with Crippen molar-refractivity contribution in [1.82, 2.24) is 5.32 Å². The van der Waals surface area contributed by atoms with E-state index >= 15 is 0 Å². The molecule has 2 aromatic carbocycles. The van der Waals surface area contributed by atoms with Gasteiger partial charge in [0.05, 0.1) is 5.70 Å². The number of rotatable bonds is 6. The summed E-state index contributed by atoms with van der Waals surface area (Å²) < 4.78 is 0. The van der Waals surface area contributed by atoms with Gasteiger partial charge < -0.3 is 10.6 Å². The van der Waals surface area contributed by atoms with E-state index in [9.17, 15) is 9.59 Å². The fourth-order valence-corrected chi connectivity index (χ4v) is 2.69. The Kier molecular flexibility index (Phi) is 10.6. The smallest absolute Gasteiger partial charge is 0.208 e. The molecule has 27 heavy (non-hydrogen) atoms. The van der Waals surface area contributed by atoms with Gasteiger partial charge in [0.25, 0.3) is 0 Å². The third kappa shape index (κ3) is 5.77. The van der Waals surface area contributed by atoms with Crippen LogP contribution in [0.4, 0.5) is 0 Å². The number of fused-ring (bicyclic) bond motifs is 1. The van der Waals surface area contributed by atoms with E-state index in [0.29, 0.717) is 29.9 Å². The molecule has 1 radical (unpaired) electrons. The maximum Gasteiger partial charge on any atom is 0.208 e. The first-order chi connectivity index (χ1) is 12.7. The van der Waals surface area contributed by atoms with Crippen molar-refractivity contribution in [3.8, 4) is 0 Å². The van der Waals surface area contributed by atoms with Gasteiger partial charge in [0.1, 0.15) is 0 Å². The van der Waals surface area contributed by atoms with Gasteiger partial charge in [-0.1, -0.05) is 87.5 Å².